The van der Waals surface area contributed by atoms with Gasteiger partial charge < -0.3 is 19.3 Å². The fourth-order valence-electron chi connectivity index (χ4n) is 11.6. The monoisotopic (exact) mass is 1130 g/mol. The highest BCUT2D eigenvalue weighted by atomic mass is 32.2. The van der Waals surface area contributed by atoms with E-state index in [0.29, 0.717) is 62.5 Å². The molecule has 0 radical (unpaired) electrons. The fraction of sp³-hybridized carbons (Fsp3) is 0.475. The average Bonchev–Trinajstić information content (AvgIpc) is 3.78. The molecule has 0 saturated heterocycles. The summed E-state index contributed by atoms with van der Waals surface area (Å²) in [6.45, 7) is 15.6. The number of nitrogens with zero attached hydrogens (tertiary/aromatic N) is 3. The third-order valence-corrected chi connectivity index (χ3v) is 18.3. The molecule has 0 fully saturated rings. The number of Topliss-reactive ketones (excluding diaryl/α,β-unsaturated/α-hetero) is 1. The van der Waals surface area contributed by atoms with Crippen LogP contribution in [0.15, 0.2) is 113 Å². The SMILES string of the molecule is CCC(=O)CCN(CCCS(=O)(=O)O)C(=O)c1ccc2c(c1)OC1=C3C(=C(/C=C/C4=[N+](CCCCS(=O)(=O)O)c5ccc(C)cc5C4(C)C)CCC3CC/C1=C\C=C1\N(CCCCS(=O)(=O)O)c3ccc(C)cc3C1(C)C)O2. The first-order chi connectivity index (χ1) is 36.6. The lowest BCUT2D eigenvalue weighted by Gasteiger charge is -2.33. The highest BCUT2D eigenvalue weighted by molar-refractivity contribution is 7.86. The van der Waals surface area contributed by atoms with Crippen LogP contribution in [0.4, 0.5) is 11.4 Å². The number of rotatable bonds is 22. The number of allylic oxidation sites excluding steroid dienone is 8. The summed E-state index contributed by atoms with van der Waals surface area (Å²) in [5, 5.41) is 0. The number of aryl methyl sites for hydroxylation is 2. The minimum absolute atomic E-state index is 0.0228. The summed E-state index contributed by atoms with van der Waals surface area (Å²) in [4.78, 5) is 30.6. The van der Waals surface area contributed by atoms with Crippen molar-refractivity contribution in [3.8, 4) is 11.5 Å². The Morgan fingerprint density at radius 2 is 1.36 bits per heavy atom. The topological polar surface area (TPSA) is 225 Å². The van der Waals surface area contributed by atoms with Crippen LogP contribution < -0.4 is 14.4 Å². The van der Waals surface area contributed by atoms with E-state index in [1.165, 1.54) is 4.90 Å². The summed E-state index contributed by atoms with van der Waals surface area (Å²) >= 11 is 0. The van der Waals surface area contributed by atoms with E-state index in [2.05, 4.69) is 112 Å². The van der Waals surface area contributed by atoms with Crippen LogP contribution >= 0.6 is 0 Å². The molecule has 0 spiro atoms. The molecule has 8 rings (SSSR count). The Kier molecular flexibility index (Phi) is 17.4. The fourth-order valence-corrected chi connectivity index (χ4v) is 13.3. The second-order valence-electron chi connectivity index (χ2n) is 22.4. The number of hydrogen-bond donors (Lipinski definition) is 3. The molecule has 3 aliphatic heterocycles. The normalized spacial score (nSPS) is 19.7. The van der Waals surface area contributed by atoms with Crippen molar-refractivity contribution in [2.45, 2.75) is 130 Å². The predicted octanol–water partition coefficient (Wildman–Crippen LogP) is 10.5. The number of carbonyl (C=O) groups is 2. The first-order valence-corrected chi connectivity index (χ1v) is 31.9. The number of ketones is 1. The van der Waals surface area contributed by atoms with Crippen molar-refractivity contribution in [2.24, 2.45) is 5.92 Å². The highest BCUT2D eigenvalue weighted by Gasteiger charge is 2.45. The lowest BCUT2D eigenvalue weighted by Crippen LogP contribution is -2.34. The molecule has 0 saturated carbocycles. The van der Waals surface area contributed by atoms with Crippen molar-refractivity contribution in [1.82, 2.24) is 4.90 Å². The van der Waals surface area contributed by atoms with E-state index in [1.54, 1.807) is 25.1 Å². The molecule has 3 N–H and O–H groups in total. The van der Waals surface area contributed by atoms with Gasteiger partial charge in [0, 0.05) is 84.5 Å². The quantitative estimate of drug-likeness (QED) is 0.0484. The minimum atomic E-state index is -4.30. The number of ether oxygens (including phenoxy) is 2. The zero-order valence-electron chi connectivity index (χ0n) is 45.8. The van der Waals surface area contributed by atoms with Gasteiger partial charge >= 0.3 is 0 Å². The van der Waals surface area contributed by atoms with Crippen molar-refractivity contribution in [2.75, 3.05) is 48.3 Å². The smallest absolute Gasteiger partial charge is 0.264 e. The Bertz CT molecular complexity index is 3440. The molecule has 78 heavy (non-hydrogen) atoms. The summed E-state index contributed by atoms with van der Waals surface area (Å²) in [5.41, 5.74) is 10.6. The first kappa shape index (κ1) is 58.4. The molecule has 0 bridgehead atoms. The molecule has 1 unspecified atom stereocenters. The lowest BCUT2D eigenvalue weighted by molar-refractivity contribution is -0.438. The predicted molar refractivity (Wildman–Crippen MR) is 303 cm³/mol. The number of hydrogen-bond acceptors (Lipinski definition) is 11. The van der Waals surface area contributed by atoms with Gasteiger partial charge in [0.25, 0.3) is 36.3 Å². The molecule has 0 aromatic heterocycles. The van der Waals surface area contributed by atoms with Gasteiger partial charge in [-0.1, -0.05) is 56.2 Å². The van der Waals surface area contributed by atoms with Gasteiger partial charge in [-0.2, -0.15) is 29.8 Å². The number of amides is 1. The molecule has 1 amide bonds. The van der Waals surface area contributed by atoms with Crippen molar-refractivity contribution in [3.05, 3.63) is 141 Å². The molecule has 1 atom stereocenters. The van der Waals surface area contributed by atoms with E-state index in [-0.39, 0.29) is 73.3 Å². The zero-order valence-corrected chi connectivity index (χ0v) is 48.3. The second kappa shape index (κ2) is 23.2. The lowest BCUT2D eigenvalue weighted by atomic mass is 9.74. The molecule has 2 aliphatic carbocycles. The van der Waals surface area contributed by atoms with Gasteiger partial charge in [-0.15, -0.1) is 0 Å². The minimum Gasteiger partial charge on any atom is -0.453 e. The summed E-state index contributed by atoms with van der Waals surface area (Å²) in [6.07, 6.45) is 13.3. The molecule has 16 nitrogen and oxygen atoms in total. The van der Waals surface area contributed by atoms with Gasteiger partial charge in [-0.3, -0.25) is 23.2 Å². The number of benzene rings is 3. The third-order valence-electron chi connectivity index (χ3n) is 15.8. The number of unbranched alkanes of at least 4 members (excludes halogenated alkanes) is 2. The van der Waals surface area contributed by atoms with Crippen LogP contribution in [0.3, 0.4) is 0 Å². The average molecular weight is 1130 g/mol. The van der Waals surface area contributed by atoms with Crippen LogP contribution in [0.25, 0.3) is 0 Å². The Balaban J connectivity index is 1.25. The van der Waals surface area contributed by atoms with Gasteiger partial charge in [0.2, 0.25) is 5.69 Å². The third kappa shape index (κ3) is 13.3. The van der Waals surface area contributed by atoms with E-state index >= 15 is 0 Å². The molecule has 19 heteroatoms. The molecule has 420 valence electrons. The van der Waals surface area contributed by atoms with Crippen LogP contribution in [0.5, 0.6) is 11.5 Å². The Morgan fingerprint density at radius 1 is 0.718 bits per heavy atom. The van der Waals surface area contributed by atoms with Crippen LogP contribution in [-0.4, -0.2) is 109 Å². The molecule has 3 aromatic rings. The molecule has 3 aromatic carbocycles. The summed E-state index contributed by atoms with van der Waals surface area (Å²) < 4.78 is 115. The maximum atomic E-state index is 14.4. The molecular weight excluding hydrogens is 1050 g/mol. The number of carbonyl (C=O) groups excluding carboxylic acids is 2. The van der Waals surface area contributed by atoms with E-state index in [1.807, 2.05) is 0 Å². The van der Waals surface area contributed by atoms with Gasteiger partial charge in [0.15, 0.2) is 17.2 Å². The Morgan fingerprint density at radius 3 is 2.05 bits per heavy atom. The number of fused-ring (bicyclic) bond motifs is 3. The van der Waals surface area contributed by atoms with E-state index in [0.717, 1.165) is 74.6 Å². The van der Waals surface area contributed by atoms with Gasteiger partial charge in [-0.05, 0) is 144 Å². The second-order valence-corrected chi connectivity index (χ2v) is 27.1. The van der Waals surface area contributed by atoms with Gasteiger partial charge in [0.1, 0.15) is 23.8 Å². The standard InChI is InChI=1S/C59H73N3O13S3/c1-8-45(63)28-32-60(29-13-35-78(71,72)73)57(64)44-20-25-50-51(38-44)75-56-43(22-27-53-59(6,7)47-37-40(3)15-24-49(47)62(53)31-10-12-34-77(68,69)70)19-17-41-16-18-42(55(74-50)54(41)56)21-26-52-58(4,5)46-36-39(2)14-23-48(46)61(52)30-9-11-33-76(65,66)67/h14-15,20-27,36-38,41H,8-13,16-19,28-35H2,1-7H3,(H2-,65,66,67,68,69,70,71,72,73)/p+1. The van der Waals surface area contributed by atoms with E-state index in [4.69, 9.17) is 9.47 Å². The molecular formula is C59H74N3O13S3+. The Hall–Kier alpha value is -5.70. The van der Waals surface area contributed by atoms with Crippen molar-refractivity contribution in [3.63, 3.8) is 0 Å². The number of anilines is 1. The van der Waals surface area contributed by atoms with Crippen LogP contribution in [0.1, 0.15) is 138 Å². The summed E-state index contributed by atoms with van der Waals surface area (Å²) in [7, 11) is -12.5. The zero-order chi connectivity index (χ0) is 56.5. The molecule has 3 heterocycles. The summed E-state index contributed by atoms with van der Waals surface area (Å²) in [5.74, 6) is 0.237. The van der Waals surface area contributed by atoms with E-state index < -0.39 is 52.8 Å². The van der Waals surface area contributed by atoms with Crippen molar-refractivity contribution >= 4 is 59.1 Å². The largest absolute Gasteiger partial charge is 0.453 e. The maximum Gasteiger partial charge on any atom is 0.264 e. The van der Waals surface area contributed by atoms with Gasteiger partial charge in [-0.25, -0.2) is 0 Å². The van der Waals surface area contributed by atoms with Gasteiger partial charge in [0.05, 0.1) is 22.7 Å². The van der Waals surface area contributed by atoms with Crippen LogP contribution in [0, 0.1) is 19.8 Å². The molecule has 5 aliphatic rings. The first-order valence-electron chi connectivity index (χ1n) is 27.0. The van der Waals surface area contributed by atoms with Crippen molar-refractivity contribution in [1.29, 1.82) is 0 Å². The van der Waals surface area contributed by atoms with E-state index in [9.17, 15) is 48.5 Å². The Labute approximate surface area is 460 Å². The van der Waals surface area contributed by atoms with Crippen LogP contribution in [0.2, 0.25) is 0 Å². The van der Waals surface area contributed by atoms with Crippen LogP contribution in [-0.2, 0) is 46.0 Å². The summed E-state index contributed by atoms with van der Waals surface area (Å²) in [6, 6.07) is 17.7. The maximum absolute atomic E-state index is 14.4. The highest BCUT2D eigenvalue weighted by Crippen LogP contribution is 2.52. The van der Waals surface area contributed by atoms with Crippen molar-refractivity contribution < 1.29 is 62.5 Å².